The minimum Gasteiger partial charge on any atom is -0.312 e. The Bertz CT molecular complexity index is 151. The number of hydrogen-bond donors (Lipinski definition) is 1. The van der Waals surface area contributed by atoms with Crippen LogP contribution in [0.1, 0.15) is 40.0 Å². The molecule has 0 rings (SSSR count). The Morgan fingerprint density at radius 1 is 1.08 bits per heavy atom. The summed E-state index contributed by atoms with van der Waals surface area (Å²) in [5.41, 5.74) is 0.245. The van der Waals surface area contributed by atoms with E-state index in [4.69, 9.17) is 0 Å². The zero-order valence-corrected chi connectivity index (χ0v) is 9.27. The zero-order chi connectivity index (χ0) is 10.2. The van der Waals surface area contributed by atoms with E-state index in [0.29, 0.717) is 0 Å². The molecule has 0 aromatic rings. The lowest BCUT2D eigenvalue weighted by Gasteiger charge is -2.19. The van der Waals surface area contributed by atoms with Crippen LogP contribution in [0.3, 0.4) is 0 Å². The normalized spacial score (nSPS) is 12.2. The molecule has 1 nitrogen and oxygen atoms in total. The second-order valence-corrected chi connectivity index (χ2v) is 4.30. The van der Waals surface area contributed by atoms with Crippen LogP contribution in [0, 0.1) is 0 Å². The lowest BCUT2D eigenvalue weighted by atomic mass is 10.1. The van der Waals surface area contributed by atoms with Crippen LogP contribution in [0.5, 0.6) is 0 Å². The van der Waals surface area contributed by atoms with Crippen molar-refractivity contribution in [2.45, 2.75) is 45.6 Å². The molecule has 0 radical (unpaired) electrons. The van der Waals surface area contributed by atoms with Gasteiger partial charge in [0.1, 0.15) is 0 Å². The maximum atomic E-state index is 3.68. The summed E-state index contributed by atoms with van der Waals surface area (Å²) < 4.78 is 0. The molecule has 0 atom stereocenters. The summed E-state index contributed by atoms with van der Waals surface area (Å²) in [6, 6.07) is 0. The Hall–Kier alpha value is -0.560. The highest BCUT2D eigenvalue weighted by atomic mass is 14.9. The van der Waals surface area contributed by atoms with Gasteiger partial charge in [0.25, 0.3) is 0 Å². The molecule has 13 heavy (non-hydrogen) atoms. The van der Waals surface area contributed by atoms with Crippen molar-refractivity contribution in [1.82, 2.24) is 5.32 Å². The molecule has 0 aromatic carbocycles. The van der Waals surface area contributed by atoms with E-state index in [0.717, 1.165) is 25.8 Å². The second kappa shape index (κ2) is 6.90. The third-order valence-corrected chi connectivity index (χ3v) is 1.67. The van der Waals surface area contributed by atoms with Crippen molar-refractivity contribution in [3.05, 3.63) is 24.8 Å². The average molecular weight is 181 g/mol. The zero-order valence-electron chi connectivity index (χ0n) is 9.27. The Morgan fingerprint density at radius 2 is 1.69 bits per heavy atom. The predicted octanol–water partition coefficient (Wildman–Crippen LogP) is 3.29. The molecule has 0 spiro atoms. The van der Waals surface area contributed by atoms with Gasteiger partial charge in [-0.3, -0.25) is 0 Å². The van der Waals surface area contributed by atoms with Crippen LogP contribution in [0.25, 0.3) is 0 Å². The fourth-order valence-corrected chi connectivity index (χ4v) is 0.980. The van der Waals surface area contributed by atoms with Crippen LogP contribution in [0.15, 0.2) is 24.8 Å². The molecule has 0 aliphatic carbocycles. The largest absolute Gasteiger partial charge is 0.312 e. The fourth-order valence-electron chi connectivity index (χ4n) is 0.980. The molecule has 0 aliphatic rings. The van der Waals surface area contributed by atoms with E-state index in [1.54, 1.807) is 0 Å². The number of rotatable bonds is 6. The highest BCUT2D eigenvalue weighted by Crippen LogP contribution is 1.98. The summed E-state index contributed by atoms with van der Waals surface area (Å²) in [5, 5.41) is 3.44. The molecule has 0 saturated heterocycles. The fraction of sp³-hybridized carbons (Fsp3) is 0.667. The van der Waals surface area contributed by atoms with Crippen LogP contribution in [0.4, 0.5) is 0 Å². The highest BCUT2D eigenvalue weighted by Gasteiger charge is 2.05. The Balaban J connectivity index is 3.25. The van der Waals surface area contributed by atoms with Gasteiger partial charge in [-0.25, -0.2) is 0 Å². The quantitative estimate of drug-likeness (QED) is 0.490. The molecule has 1 heteroatoms. The molecule has 0 amide bonds. The van der Waals surface area contributed by atoms with Crippen molar-refractivity contribution in [2.75, 3.05) is 6.54 Å². The molecule has 0 saturated carbocycles. The lowest BCUT2D eigenvalue weighted by Crippen LogP contribution is -2.36. The average Bonchev–Trinajstić information content (AvgIpc) is 2.01. The van der Waals surface area contributed by atoms with Crippen molar-refractivity contribution in [1.29, 1.82) is 0 Å². The van der Waals surface area contributed by atoms with Crippen LogP contribution in [-0.2, 0) is 0 Å². The molecule has 76 valence electrons. The first kappa shape index (κ1) is 12.4. The Morgan fingerprint density at radius 3 is 2.23 bits per heavy atom. The van der Waals surface area contributed by atoms with Gasteiger partial charge in [-0.1, -0.05) is 18.2 Å². The lowest BCUT2D eigenvalue weighted by molar-refractivity contribution is 0.431. The van der Waals surface area contributed by atoms with E-state index in [9.17, 15) is 0 Å². The first-order chi connectivity index (χ1) is 6.06. The number of unbranched alkanes of at least 4 members (excludes halogenated alkanes) is 1. The molecule has 0 aromatic heterocycles. The van der Waals surface area contributed by atoms with Gasteiger partial charge in [0.05, 0.1) is 0 Å². The molecular formula is C12H23N. The first-order valence-corrected chi connectivity index (χ1v) is 5.07. The monoisotopic (exact) mass is 181 g/mol. The molecule has 1 N–H and O–H groups in total. The predicted molar refractivity (Wildman–Crippen MR) is 60.9 cm³/mol. The van der Waals surface area contributed by atoms with Crippen molar-refractivity contribution >= 4 is 0 Å². The highest BCUT2D eigenvalue weighted by molar-refractivity contribution is 4.85. The van der Waals surface area contributed by atoms with Gasteiger partial charge in [0, 0.05) is 5.54 Å². The minimum atomic E-state index is 0.245. The number of allylic oxidation sites excluding steroid dienone is 2. The van der Waals surface area contributed by atoms with Gasteiger partial charge < -0.3 is 5.32 Å². The van der Waals surface area contributed by atoms with Gasteiger partial charge in [-0.2, -0.15) is 0 Å². The van der Waals surface area contributed by atoms with Crippen molar-refractivity contribution in [3.63, 3.8) is 0 Å². The third kappa shape index (κ3) is 11.4. The number of nitrogens with one attached hydrogen (secondary N) is 1. The standard InChI is InChI=1S/C12H23N/c1-5-6-7-8-9-10-11-13-12(2,3)4/h5,8-9,13H,1,6-7,10-11H2,2-4H3. The summed E-state index contributed by atoms with van der Waals surface area (Å²) in [6.45, 7) is 11.3. The van der Waals surface area contributed by atoms with E-state index in [1.165, 1.54) is 0 Å². The smallest absolute Gasteiger partial charge is 0.00966 e. The van der Waals surface area contributed by atoms with Gasteiger partial charge in [-0.05, 0) is 46.6 Å². The van der Waals surface area contributed by atoms with E-state index in [1.807, 2.05) is 6.08 Å². The van der Waals surface area contributed by atoms with Gasteiger partial charge in [0.2, 0.25) is 0 Å². The summed E-state index contributed by atoms with van der Waals surface area (Å²) >= 11 is 0. The maximum absolute atomic E-state index is 3.68. The van der Waals surface area contributed by atoms with Crippen molar-refractivity contribution in [2.24, 2.45) is 0 Å². The SMILES string of the molecule is C=CCCC=CCCNC(C)(C)C. The van der Waals surface area contributed by atoms with E-state index >= 15 is 0 Å². The summed E-state index contributed by atoms with van der Waals surface area (Å²) in [6.07, 6.45) is 9.75. The van der Waals surface area contributed by atoms with Gasteiger partial charge in [-0.15, -0.1) is 6.58 Å². The van der Waals surface area contributed by atoms with Crippen LogP contribution in [0.2, 0.25) is 0 Å². The molecular weight excluding hydrogens is 158 g/mol. The van der Waals surface area contributed by atoms with Crippen molar-refractivity contribution in [3.8, 4) is 0 Å². The molecule has 0 aliphatic heterocycles. The van der Waals surface area contributed by atoms with Crippen LogP contribution >= 0.6 is 0 Å². The van der Waals surface area contributed by atoms with E-state index in [2.05, 4.69) is 44.8 Å². The van der Waals surface area contributed by atoms with Crippen LogP contribution in [-0.4, -0.2) is 12.1 Å². The first-order valence-electron chi connectivity index (χ1n) is 5.07. The number of hydrogen-bond acceptors (Lipinski definition) is 1. The topological polar surface area (TPSA) is 12.0 Å². The van der Waals surface area contributed by atoms with Crippen molar-refractivity contribution < 1.29 is 0 Å². The second-order valence-electron chi connectivity index (χ2n) is 4.30. The summed E-state index contributed by atoms with van der Waals surface area (Å²) in [7, 11) is 0. The maximum Gasteiger partial charge on any atom is 0.00966 e. The minimum absolute atomic E-state index is 0.245. The molecule has 0 unspecified atom stereocenters. The molecule has 0 bridgehead atoms. The van der Waals surface area contributed by atoms with E-state index < -0.39 is 0 Å². The summed E-state index contributed by atoms with van der Waals surface area (Å²) in [5.74, 6) is 0. The third-order valence-electron chi connectivity index (χ3n) is 1.67. The van der Waals surface area contributed by atoms with Gasteiger partial charge in [0.15, 0.2) is 0 Å². The van der Waals surface area contributed by atoms with Crippen LogP contribution < -0.4 is 5.32 Å². The van der Waals surface area contributed by atoms with Gasteiger partial charge >= 0.3 is 0 Å². The molecule has 0 fully saturated rings. The molecule has 0 heterocycles. The summed E-state index contributed by atoms with van der Waals surface area (Å²) in [4.78, 5) is 0. The Labute approximate surface area is 82.9 Å². The Kier molecular flexibility index (Phi) is 6.61. The van der Waals surface area contributed by atoms with E-state index in [-0.39, 0.29) is 5.54 Å².